The van der Waals surface area contributed by atoms with Crippen LogP contribution in [0, 0.1) is 0 Å². The summed E-state index contributed by atoms with van der Waals surface area (Å²) in [6, 6.07) is 4.56. The predicted molar refractivity (Wildman–Crippen MR) is 66.0 cm³/mol. The van der Waals surface area contributed by atoms with Crippen molar-refractivity contribution in [3.63, 3.8) is 0 Å². The van der Waals surface area contributed by atoms with E-state index in [-0.39, 0.29) is 11.6 Å². The number of hydrogen-bond acceptors (Lipinski definition) is 2. The van der Waals surface area contributed by atoms with E-state index in [4.69, 9.17) is 11.6 Å². The molecule has 1 atom stereocenters. The Hall–Kier alpha value is -0.940. The molecule has 0 saturated carbocycles. The first kappa shape index (κ1) is 15.1. The van der Waals surface area contributed by atoms with Gasteiger partial charge in [0.2, 0.25) is 0 Å². The molecule has 1 N–H and O–H groups in total. The minimum Gasteiger partial charge on any atom is -0.389 e. The van der Waals surface area contributed by atoms with E-state index in [0.29, 0.717) is 11.3 Å². The summed E-state index contributed by atoms with van der Waals surface area (Å²) in [6.07, 6.45) is -4.98. The molecule has 2 nitrogen and oxygen atoms in total. The molecule has 0 aliphatic rings. The van der Waals surface area contributed by atoms with Gasteiger partial charge < -0.3 is 10.0 Å². The zero-order chi connectivity index (χ0) is 13.9. The molecular formula is C12H15ClF3NO. The third-order valence-corrected chi connectivity index (χ3v) is 2.85. The smallest absolute Gasteiger partial charge is 0.389 e. The molecule has 0 saturated heterocycles. The highest BCUT2D eigenvalue weighted by Gasteiger charge is 2.31. The number of benzene rings is 1. The van der Waals surface area contributed by atoms with Crippen LogP contribution in [0.15, 0.2) is 18.2 Å². The van der Waals surface area contributed by atoms with Gasteiger partial charge in [-0.2, -0.15) is 13.2 Å². The summed E-state index contributed by atoms with van der Waals surface area (Å²) in [7, 11) is 0. The summed E-state index contributed by atoms with van der Waals surface area (Å²) in [6.45, 7) is 2.35. The molecule has 0 spiro atoms. The predicted octanol–water partition coefficient (Wildman–Crippen LogP) is 3.78. The van der Waals surface area contributed by atoms with Gasteiger partial charge in [-0.1, -0.05) is 17.7 Å². The summed E-state index contributed by atoms with van der Waals surface area (Å²) < 4.78 is 37.2. The fourth-order valence-electron chi connectivity index (χ4n) is 1.62. The molecule has 0 aliphatic carbocycles. The van der Waals surface area contributed by atoms with Crippen molar-refractivity contribution in [2.24, 2.45) is 0 Å². The Morgan fingerprint density at radius 2 is 2.00 bits per heavy atom. The SMILES string of the molecule is CCN(CC(F)(F)F)c1ccc(C(C)O)cc1Cl. The van der Waals surface area contributed by atoms with Gasteiger partial charge in [0.25, 0.3) is 0 Å². The number of anilines is 1. The maximum atomic E-state index is 12.4. The van der Waals surface area contributed by atoms with Gasteiger partial charge in [0.1, 0.15) is 6.54 Å². The first-order valence-electron chi connectivity index (χ1n) is 5.53. The fourth-order valence-corrected chi connectivity index (χ4v) is 1.93. The first-order chi connectivity index (χ1) is 8.24. The zero-order valence-electron chi connectivity index (χ0n) is 10.1. The Labute approximate surface area is 109 Å². The molecule has 0 radical (unpaired) electrons. The highest BCUT2D eigenvalue weighted by molar-refractivity contribution is 6.33. The van der Waals surface area contributed by atoms with E-state index in [0.717, 1.165) is 4.90 Å². The van der Waals surface area contributed by atoms with Crippen molar-refractivity contribution >= 4 is 17.3 Å². The zero-order valence-corrected chi connectivity index (χ0v) is 10.9. The highest BCUT2D eigenvalue weighted by Crippen LogP contribution is 2.31. The van der Waals surface area contributed by atoms with Crippen LogP contribution in [0.4, 0.5) is 18.9 Å². The molecule has 1 aromatic carbocycles. The normalized spacial score (nSPS) is 13.5. The largest absolute Gasteiger partial charge is 0.405 e. The number of hydrogen-bond donors (Lipinski definition) is 1. The van der Waals surface area contributed by atoms with Gasteiger partial charge in [-0.15, -0.1) is 0 Å². The van der Waals surface area contributed by atoms with Gasteiger partial charge in [0.15, 0.2) is 0 Å². The summed E-state index contributed by atoms with van der Waals surface area (Å²) in [5.41, 5.74) is 0.896. The van der Waals surface area contributed by atoms with Crippen molar-refractivity contribution in [2.75, 3.05) is 18.0 Å². The van der Waals surface area contributed by atoms with Crippen molar-refractivity contribution in [1.82, 2.24) is 0 Å². The van der Waals surface area contributed by atoms with Crippen LogP contribution in [0.1, 0.15) is 25.5 Å². The Bertz CT molecular complexity index is 407. The number of nitrogens with zero attached hydrogens (tertiary/aromatic N) is 1. The number of alkyl halides is 3. The Morgan fingerprint density at radius 1 is 1.39 bits per heavy atom. The van der Waals surface area contributed by atoms with E-state index in [9.17, 15) is 18.3 Å². The van der Waals surface area contributed by atoms with Crippen LogP contribution in [0.3, 0.4) is 0 Å². The van der Waals surface area contributed by atoms with Gasteiger partial charge in [-0.25, -0.2) is 0 Å². The summed E-state index contributed by atoms with van der Waals surface area (Å²) in [5, 5.41) is 9.58. The van der Waals surface area contributed by atoms with Crippen molar-refractivity contribution in [3.8, 4) is 0 Å². The van der Waals surface area contributed by atoms with Crippen molar-refractivity contribution < 1.29 is 18.3 Å². The number of aliphatic hydroxyl groups is 1. The van der Waals surface area contributed by atoms with Gasteiger partial charge in [-0.3, -0.25) is 0 Å². The Kier molecular flexibility index (Phi) is 4.87. The monoisotopic (exact) mass is 281 g/mol. The van der Waals surface area contributed by atoms with E-state index in [1.165, 1.54) is 12.1 Å². The van der Waals surface area contributed by atoms with Crippen molar-refractivity contribution in [3.05, 3.63) is 28.8 Å². The third kappa shape index (κ3) is 4.07. The minimum absolute atomic E-state index is 0.202. The van der Waals surface area contributed by atoms with Gasteiger partial charge >= 0.3 is 6.18 Å². The second-order valence-electron chi connectivity index (χ2n) is 4.02. The Balaban J connectivity index is 3.00. The summed E-state index contributed by atoms with van der Waals surface area (Å²) >= 11 is 5.96. The molecule has 18 heavy (non-hydrogen) atoms. The third-order valence-electron chi connectivity index (χ3n) is 2.55. The van der Waals surface area contributed by atoms with Gasteiger partial charge in [0, 0.05) is 6.54 Å². The molecular weight excluding hydrogens is 267 g/mol. The first-order valence-corrected chi connectivity index (χ1v) is 5.91. The number of halogens is 4. The summed E-state index contributed by atoms with van der Waals surface area (Å²) in [4.78, 5) is 1.15. The average Bonchev–Trinajstić information content (AvgIpc) is 2.24. The van der Waals surface area contributed by atoms with Crippen LogP contribution in [0.25, 0.3) is 0 Å². The molecule has 1 rings (SSSR count). The van der Waals surface area contributed by atoms with Gasteiger partial charge in [-0.05, 0) is 31.5 Å². The molecule has 1 unspecified atom stereocenters. The van der Waals surface area contributed by atoms with Gasteiger partial charge in [0.05, 0.1) is 16.8 Å². The van der Waals surface area contributed by atoms with Crippen LogP contribution in [0.2, 0.25) is 5.02 Å². The molecule has 0 bridgehead atoms. The molecule has 1 aromatic rings. The molecule has 6 heteroatoms. The van der Waals surface area contributed by atoms with Crippen molar-refractivity contribution in [2.45, 2.75) is 26.1 Å². The molecule has 0 fully saturated rings. The van der Waals surface area contributed by atoms with E-state index < -0.39 is 18.8 Å². The molecule has 0 aromatic heterocycles. The summed E-state index contributed by atoms with van der Waals surface area (Å²) in [5.74, 6) is 0. The fraction of sp³-hybridized carbons (Fsp3) is 0.500. The van der Waals surface area contributed by atoms with Crippen LogP contribution < -0.4 is 4.90 Å². The van der Waals surface area contributed by atoms with Crippen LogP contribution in [0.5, 0.6) is 0 Å². The lowest BCUT2D eigenvalue weighted by Crippen LogP contribution is -2.34. The molecule has 0 heterocycles. The molecule has 0 aliphatic heterocycles. The Morgan fingerprint density at radius 3 is 2.39 bits per heavy atom. The minimum atomic E-state index is -4.28. The topological polar surface area (TPSA) is 23.5 Å². The maximum Gasteiger partial charge on any atom is 0.405 e. The van der Waals surface area contributed by atoms with Crippen LogP contribution in [-0.2, 0) is 0 Å². The second kappa shape index (κ2) is 5.80. The van der Waals surface area contributed by atoms with Crippen LogP contribution >= 0.6 is 11.6 Å². The van der Waals surface area contributed by atoms with E-state index in [2.05, 4.69) is 0 Å². The molecule has 102 valence electrons. The maximum absolute atomic E-state index is 12.4. The van der Waals surface area contributed by atoms with Crippen molar-refractivity contribution in [1.29, 1.82) is 0 Å². The lowest BCUT2D eigenvalue weighted by atomic mass is 10.1. The van der Waals surface area contributed by atoms with E-state index >= 15 is 0 Å². The van der Waals surface area contributed by atoms with E-state index in [1.807, 2.05) is 0 Å². The lowest BCUT2D eigenvalue weighted by Gasteiger charge is -2.25. The average molecular weight is 282 g/mol. The highest BCUT2D eigenvalue weighted by atomic mass is 35.5. The lowest BCUT2D eigenvalue weighted by molar-refractivity contribution is -0.119. The number of aliphatic hydroxyl groups excluding tert-OH is 1. The standard InChI is InChI=1S/C12H15ClF3NO/c1-3-17(7-12(14,15)16)11-5-4-9(8(2)18)6-10(11)13/h4-6,8,18H,3,7H2,1-2H3. The van der Waals surface area contributed by atoms with Crippen LogP contribution in [-0.4, -0.2) is 24.4 Å². The number of rotatable bonds is 4. The second-order valence-corrected chi connectivity index (χ2v) is 4.42. The quantitative estimate of drug-likeness (QED) is 0.908. The van der Waals surface area contributed by atoms with E-state index in [1.54, 1.807) is 19.9 Å². The molecule has 0 amide bonds.